The summed E-state index contributed by atoms with van der Waals surface area (Å²) in [6, 6.07) is 14.6. The Labute approximate surface area is 159 Å². The molecule has 0 aliphatic rings. The Morgan fingerprint density at radius 2 is 2.11 bits per heavy atom. The molecule has 0 unspecified atom stereocenters. The van der Waals surface area contributed by atoms with Crippen LogP contribution in [0.15, 0.2) is 64.6 Å². The van der Waals surface area contributed by atoms with Crippen molar-refractivity contribution in [3.63, 3.8) is 0 Å². The lowest BCUT2D eigenvalue weighted by Gasteiger charge is -2.08. The average Bonchev–Trinajstić information content (AvgIpc) is 3.41. The summed E-state index contributed by atoms with van der Waals surface area (Å²) in [5, 5.41) is 9.77. The SMILES string of the molecule is Cc1cc(NC(=O)COc2ccccc2)n(-c2nc(-c3ccco3)cs2)n1. The summed E-state index contributed by atoms with van der Waals surface area (Å²) >= 11 is 1.41. The van der Waals surface area contributed by atoms with Crippen LogP contribution in [0, 0.1) is 6.92 Å². The fourth-order valence-corrected chi connectivity index (χ4v) is 3.25. The Kier molecular flexibility index (Phi) is 4.71. The standard InChI is InChI=1S/C19H16N4O3S/c1-13-10-17(21-18(24)11-26-14-6-3-2-4-7-14)23(22-13)19-20-15(12-27-19)16-8-5-9-25-16/h2-10,12H,11H2,1H3,(H,21,24). The molecule has 0 bridgehead atoms. The molecule has 0 aliphatic carbocycles. The number of carbonyl (C=O) groups excluding carboxylic acids is 1. The van der Waals surface area contributed by atoms with Crippen molar-refractivity contribution in [2.24, 2.45) is 0 Å². The van der Waals surface area contributed by atoms with Gasteiger partial charge in [-0.3, -0.25) is 4.79 Å². The van der Waals surface area contributed by atoms with Gasteiger partial charge in [0.1, 0.15) is 17.3 Å². The van der Waals surface area contributed by atoms with E-state index in [4.69, 9.17) is 9.15 Å². The van der Waals surface area contributed by atoms with Crippen LogP contribution < -0.4 is 10.1 Å². The second-order valence-corrected chi connectivity index (χ2v) is 6.56. The fourth-order valence-electron chi connectivity index (χ4n) is 2.48. The highest BCUT2D eigenvalue weighted by Gasteiger charge is 2.15. The number of thiazole rings is 1. The number of nitrogens with zero attached hydrogens (tertiary/aromatic N) is 3. The molecule has 8 heteroatoms. The molecule has 4 aromatic rings. The zero-order valence-corrected chi connectivity index (χ0v) is 15.3. The second kappa shape index (κ2) is 7.46. The summed E-state index contributed by atoms with van der Waals surface area (Å²) in [6.07, 6.45) is 1.60. The topological polar surface area (TPSA) is 82.2 Å². The molecule has 1 N–H and O–H groups in total. The lowest BCUT2D eigenvalue weighted by atomic mass is 10.3. The van der Waals surface area contributed by atoms with Crippen LogP contribution in [-0.4, -0.2) is 27.3 Å². The van der Waals surface area contributed by atoms with Crippen LogP contribution in [0.2, 0.25) is 0 Å². The Morgan fingerprint density at radius 1 is 1.26 bits per heavy atom. The third-order valence-corrected chi connectivity index (χ3v) is 4.48. The van der Waals surface area contributed by atoms with E-state index >= 15 is 0 Å². The Balaban J connectivity index is 1.49. The average molecular weight is 380 g/mol. The minimum absolute atomic E-state index is 0.0935. The quantitative estimate of drug-likeness (QED) is 0.548. The minimum Gasteiger partial charge on any atom is -0.484 e. The van der Waals surface area contributed by atoms with Crippen molar-refractivity contribution >= 4 is 23.1 Å². The van der Waals surface area contributed by atoms with Crippen LogP contribution in [-0.2, 0) is 4.79 Å². The number of hydrogen-bond donors (Lipinski definition) is 1. The molecule has 27 heavy (non-hydrogen) atoms. The molecule has 0 spiro atoms. The summed E-state index contributed by atoms with van der Waals surface area (Å²) < 4.78 is 12.5. The van der Waals surface area contributed by atoms with E-state index in [-0.39, 0.29) is 12.5 Å². The van der Waals surface area contributed by atoms with Gasteiger partial charge in [-0.2, -0.15) is 9.78 Å². The molecular weight excluding hydrogens is 364 g/mol. The smallest absolute Gasteiger partial charge is 0.263 e. The highest BCUT2D eigenvalue weighted by atomic mass is 32.1. The van der Waals surface area contributed by atoms with Gasteiger partial charge in [0.05, 0.1) is 12.0 Å². The van der Waals surface area contributed by atoms with E-state index in [0.29, 0.717) is 22.5 Å². The third-order valence-electron chi connectivity index (χ3n) is 3.66. The number of ether oxygens (including phenoxy) is 1. The molecule has 1 amide bonds. The van der Waals surface area contributed by atoms with Crippen molar-refractivity contribution in [1.82, 2.24) is 14.8 Å². The predicted molar refractivity (Wildman–Crippen MR) is 102 cm³/mol. The van der Waals surface area contributed by atoms with Crippen LogP contribution in [0.5, 0.6) is 5.75 Å². The summed E-state index contributed by atoms with van der Waals surface area (Å²) in [5.41, 5.74) is 1.49. The molecule has 0 radical (unpaired) electrons. The molecule has 0 atom stereocenters. The molecule has 0 fully saturated rings. The number of hydrogen-bond acceptors (Lipinski definition) is 6. The van der Waals surface area contributed by atoms with Gasteiger partial charge in [0, 0.05) is 11.4 Å². The van der Waals surface area contributed by atoms with Crippen LogP contribution in [0.3, 0.4) is 0 Å². The number of benzene rings is 1. The van der Waals surface area contributed by atoms with Crippen molar-refractivity contribution in [2.75, 3.05) is 11.9 Å². The number of aryl methyl sites for hydroxylation is 1. The Hall–Kier alpha value is -3.39. The third kappa shape index (κ3) is 3.90. The first-order valence-electron chi connectivity index (χ1n) is 8.23. The highest BCUT2D eigenvalue weighted by molar-refractivity contribution is 7.12. The van der Waals surface area contributed by atoms with Crippen molar-refractivity contribution in [2.45, 2.75) is 6.92 Å². The minimum atomic E-state index is -0.275. The normalized spacial score (nSPS) is 10.7. The van der Waals surface area contributed by atoms with E-state index in [1.54, 1.807) is 29.1 Å². The van der Waals surface area contributed by atoms with Gasteiger partial charge in [0.25, 0.3) is 5.91 Å². The maximum Gasteiger partial charge on any atom is 0.263 e. The number of amides is 1. The molecule has 1 aromatic carbocycles. The van der Waals surface area contributed by atoms with E-state index in [9.17, 15) is 4.79 Å². The number of furan rings is 1. The monoisotopic (exact) mass is 380 g/mol. The number of rotatable bonds is 6. The number of carbonyl (C=O) groups is 1. The van der Waals surface area contributed by atoms with Gasteiger partial charge in [-0.25, -0.2) is 4.98 Å². The first-order chi connectivity index (χ1) is 13.2. The fraction of sp³-hybridized carbons (Fsp3) is 0.105. The zero-order chi connectivity index (χ0) is 18.6. The van der Waals surface area contributed by atoms with E-state index < -0.39 is 0 Å². The van der Waals surface area contributed by atoms with Crippen molar-refractivity contribution < 1.29 is 13.9 Å². The van der Waals surface area contributed by atoms with Gasteiger partial charge in [-0.15, -0.1) is 11.3 Å². The predicted octanol–water partition coefficient (Wildman–Crippen LogP) is 3.91. The van der Waals surface area contributed by atoms with E-state index in [0.717, 1.165) is 11.4 Å². The first kappa shape index (κ1) is 17.0. The number of nitrogens with one attached hydrogen (secondary N) is 1. The van der Waals surface area contributed by atoms with Gasteiger partial charge < -0.3 is 14.5 Å². The molecule has 3 aromatic heterocycles. The van der Waals surface area contributed by atoms with Crippen LogP contribution >= 0.6 is 11.3 Å². The second-order valence-electron chi connectivity index (χ2n) is 5.73. The van der Waals surface area contributed by atoms with Crippen molar-refractivity contribution in [1.29, 1.82) is 0 Å². The number of aromatic nitrogens is 3. The molecule has 0 aliphatic heterocycles. The van der Waals surface area contributed by atoms with Gasteiger partial charge in [-0.05, 0) is 31.2 Å². The largest absolute Gasteiger partial charge is 0.484 e. The van der Waals surface area contributed by atoms with E-state index in [2.05, 4.69) is 15.4 Å². The van der Waals surface area contributed by atoms with Crippen LogP contribution in [0.1, 0.15) is 5.69 Å². The molecule has 4 rings (SSSR count). The van der Waals surface area contributed by atoms with E-state index in [1.807, 2.05) is 42.6 Å². The maximum absolute atomic E-state index is 12.3. The molecule has 0 saturated heterocycles. The Morgan fingerprint density at radius 3 is 2.89 bits per heavy atom. The Bertz CT molecular complexity index is 1040. The van der Waals surface area contributed by atoms with Gasteiger partial charge in [-0.1, -0.05) is 18.2 Å². The van der Waals surface area contributed by atoms with Gasteiger partial charge in [0.15, 0.2) is 12.4 Å². The molecule has 0 saturated carbocycles. The molecule has 7 nitrogen and oxygen atoms in total. The highest BCUT2D eigenvalue weighted by Crippen LogP contribution is 2.26. The van der Waals surface area contributed by atoms with Crippen LogP contribution in [0.4, 0.5) is 5.82 Å². The summed E-state index contributed by atoms with van der Waals surface area (Å²) in [5.74, 6) is 1.58. The summed E-state index contributed by atoms with van der Waals surface area (Å²) in [6.45, 7) is 1.76. The first-order valence-corrected chi connectivity index (χ1v) is 9.11. The number of para-hydroxylation sites is 1. The summed E-state index contributed by atoms with van der Waals surface area (Å²) in [7, 11) is 0. The maximum atomic E-state index is 12.3. The van der Waals surface area contributed by atoms with Crippen molar-refractivity contribution in [3.8, 4) is 22.3 Å². The molecule has 136 valence electrons. The number of anilines is 1. The lowest BCUT2D eigenvalue weighted by molar-refractivity contribution is -0.118. The van der Waals surface area contributed by atoms with Gasteiger partial charge >= 0.3 is 0 Å². The van der Waals surface area contributed by atoms with Crippen molar-refractivity contribution in [3.05, 3.63) is 65.9 Å². The molecular formula is C19H16N4O3S. The molecule has 3 heterocycles. The zero-order valence-electron chi connectivity index (χ0n) is 14.5. The lowest BCUT2D eigenvalue weighted by Crippen LogP contribution is -2.21. The van der Waals surface area contributed by atoms with Gasteiger partial charge in [0.2, 0.25) is 5.13 Å². The summed E-state index contributed by atoms with van der Waals surface area (Å²) in [4.78, 5) is 16.8. The van der Waals surface area contributed by atoms with E-state index in [1.165, 1.54) is 11.3 Å². The van der Waals surface area contributed by atoms with Crippen LogP contribution in [0.25, 0.3) is 16.6 Å².